The molecule has 3 aromatic rings. The molecule has 0 fully saturated rings. The van der Waals surface area contributed by atoms with Crippen molar-refractivity contribution in [1.82, 2.24) is 9.55 Å². The summed E-state index contributed by atoms with van der Waals surface area (Å²) >= 11 is 0. The Bertz CT molecular complexity index is 810. The van der Waals surface area contributed by atoms with Crippen LogP contribution < -0.4 is 4.74 Å². The molecule has 4 heteroatoms. The van der Waals surface area contributed by atoms with Crippen LogP contribution in [-0.2, 0) is 6.54 Å². The number of aliphatic hydroxyl groups is 1. The fourth-order valence-electron chi connectivity index (χ4n) is 2.88. The van der Waals surface area contributed by atoms with Crippen molar-refractivity contribution >= 4 is 11.0 Å². The highest BCUT2D eigenvalue weighted by atomic mass is 16.5. The molecule has 1 aromatic heterocycles. The number of benzene rings is 2. The first-order valence-electron chi connectivity index (χ1n) is 8.51. The molecule has 0 aliphatic carbocycles. The molecule has 24 heavy (non-hydrogen) atoms. The maximum absolute atomic E-state index is 10.3. The van der Waals surface area contributed by atoms with Gasteiger partial charge in [0.1, 0.15) is 17.7 Å². The van der Waals surface area contributed by atoms with Gasteiger partial charge in [0.25, 0.3) is 0 Å². The fourth-order valence-corrected chi connectivity index (χ4v) is 2.88. The van der Waals surface area contributed by atoms with Crippen molar-refractivity contribution in [3.8, 4) is 5.75 Å². The van der Waals surface area contributed by atoms with Crippen LogP contribution in [-0.4, -0.2) is 21.3 Å². The predicted molar refractivity (Wildman–Crippen MR) is 96.3 cm³/mol. The first kappa shape index (κ1) is 16.5. The van der Waals surface area contributed by atoms with Crippen LogP contribution in [0.25, 0.3) is 11.0 Å². The number of ether oxygens (including phenoxy) is 1. The van der Waals surface area contributed by atoms with E-state index in [9.17, 15) is 5.11 Å². The van der Waals surface area contributed by atoms with E-state index in [0.717, 1.165) is 35.6 Å². The van der Waals surface area contributed by atoms with Crippen LogP contribution in [0.1, 0.15) is 37.3 Å². The molecular formula is C20H24N2O2. The molecular weight excluding hydrogens is 300 g/mol. The van der Waals surface area contributed by atoms with Crippen molar-refractivity contribution in [2.75, 3.05) is 6.61 Å². The topological polar surface area (TPSA) is 47.3 Å². The Balaban J connectivity index is 1.70. The lowest BCUT2D eigenvalue weighted by Gasteiger charge is -2.13. The second-order valence-electron chi connectivity index (χ2n) is 6.05. The number of hydrogen-bond acceptors (Lipinski definition) is 3. The van der Waals surface area contributed by atoms with E-state index in [-0.39, 0.29) is 0 Å². The van der Waals surface area contributed by atoms with Gasteiger partial charge < -0.3 is 14.4 Å². The van der Waals surface area contributed by atoms with Gasteiger partial charge >= 0.3 is 0 Å². The van der Waals surface area contributed by atoms with Crippen molar-refractivity contribution < 1.29 is 9.84 Å². The van der Waals surface area contributed by atoms with Gasteiger partial charge in [-0.1, -0.05) is 31.2 Å². The molecule has 1 heterocycles. The molecule has 126 valence electrons. The van der Waals surface area contributed by atoms with Gasteiger partial charge in [-0.25, -0.2) is 4.98 Å². The smallest absolute Gasteiger partial charge is 0.138 e. The van der Waals surface area contributed by atoms with Crippen LogP contribution in [0.2, 0.25) is 0 Å². The average molecular weight is 324 g/mol. The SMILES string of the molecule is CCC(O)c1nc2ccccc2n1CCCOc1cccc(C)c1. The second-order valence-corrected chi connectivity index (χ2v) is 6.05. The molecule has 0 amide bonds. The molecule has 0 spiro atoms. The molecule has 4 nitrogen and oxygen atoms in total. The van der Waals surface area contributed by atoms with E-state index in [1.54, 1.807) is 0 Å². The van der Waals surface area contributed by atoms with Crippen molar-refractivity contribution in [3.63, 3.8) is 0 Å². The minimum absolute atomic E-state index is 0.532. The number of aryl methyl sites for hydroxylation is 2. The Morgan fingerprint density at radius 2 is 2.00 bits per heavy atom. The van der Waals surface area contributed by atoms with Gasteiger partial charge in [0.2, 0.25) is 0 Å². The van der Waals surface area contributed by atoms with Gasteiger partial charge in [0, 0.05) is 6.54 Å². The number of hydrogen-bond donors (Lipinski definition) is 1. The highest BCUT2D eigenvalue weighted by Crippen LogP contribution is 2.23. The fraction of sp³-hybridized carbons (Fsp3) is 0.350. The lowest BCUT2D eigenvalue weighted by Crippen LogP contribution is -2.11. The van der Waals surface area contributed by atoms with Gasteiger partial charge in [-0.3, -0.25) is 0 Å². The number of para-hydroxylation sites is 2. The third-order valence-electron chi connectivity index (χ3n) is 4.15. The molecule has 1 atom stereocenters. The van der Waals surface area contributed by atoms with E-state index in [0.29, 0.717) is 13.0 Å². The van der Waals surface area contributed by atoms with E-state index >= 15 is 0 Å². The zero-order chi connectivity index (χ0) is 16.9. The number of rotatable bonds is 7. The number of nitrogens with zero attached hydrogens (tertiary/aromatic N) is 2. The van der Waals surface area contributed by atoms with Gasteiger partial charge in [0.15, 0.2) is 0 Å². The van der Waals surface area contributed by atoms with Crippen molar-refractivity contribution in [2.45, 2.75) is 39.3 Å². The molecule has 0 aliphatic heterocycles. The normalized spacial score (nSPS) is 12.5. The molecule has 0 bridgehead atoms. The van der Waals surface area contributed by atoms with E-state index in [2.05, 4.69) is 28.6 Å². The first-order valence-corrected chi connectivity index (χ1v) is 8.51. The summed E-state index contributed by atoms with van der Waals surface area (Å²) in [6, 6.07) is 16.1. The van der Waals surface area contributed by atoms with Crippen LogP contribution >= 0.6 is 0 Å². The summed E-state index contributed by atoms with van der Waals surface area (Å²) in [7, 11) is 0. The Labute approximate surface area is 142 Å². The summed E-state index contributed by atoms with van der Waals surface area (Å²) in [6.07, 6.45) is 0.982. The van der Waals surface area contributed by atoms with Crippen LogP contribution in [0.4, 0.5) is 0 Å². The number of imidazole rings is 1. The summed E-state index contributed by atoms with van der Waals surface area (Å²) < 4.78 is 7.94. The van der Waals surface area contributed by atoms with E-state index in [1.165, 1.54) is 5.56 Å². The predicted octanol–water partition coefficient (Wildman–Crippen LogP) is 4.26. The largest absolute Gasteiger partial charge is 0.494 e. The Morgan fingerprint density at radius 3 is 2.79 bits per heavy atom. The maximum Gasteiger partial charge on any atom is 0.138 e. The van der Waals surface area contributed by atoms with Gasteiger partial charge in [-0.2, -0.15) is 0 Å². The molecule has 0 saturated carbocycles. The van der Waals surface area contributed by atoms with E-state index in [1.807, 2.05) is 43.3 Å². The third kappa shape index (κ3) is 3.60. The highest BCUT2D eigenvalue weighted by Gasteiger charge is 2.16. The first-order chi connectivity index (χ1) is 11.7. The molecule has 0 aliphatic rings. The summed E-state index contributed by atoms with van der Waals surface area (Å²) in [5.74, 6) is 1.65. The van der Waals surface area contributed by atoms with Crippen LogP contribution in [0.15, 0.2) is 48.5 Å². The number of aliphatic hydroxyl groups excluding tert-OH is 1. The summed E-state index contributed by atoms with van der Waals surface area (Å²) in [6.45, 7) is 5.44. The zero-order valence-electron chi connectivity index (χ0n) is 14.3. The molecule has 0 saturated heterocycles. The Hall–Kier alpha value is -2.33. The minimum Gasteiger partial charge on any atom is -0.494 e. The Morgan fingerprint density at radius 1 is 1.17 bits per heavy atom. The highest BCUT2D eigenvalue weighted by molar-refractivity contribution is 5.76. The molecule has 3 rings (SSSR count). The number of aromatic nitrogens is 2. The second kappa shape index (κ2) is 7.49. The minimum atomic E-state index is -0.532. The monoisotopic (exact) mass is 324 g/mol. The molecule has 0 radical (unpaired) electrons. The van der Waals surface area contributed by atoms with E-state index < -0.39 is 6.10 Å². The summed E-state index contributed by atoms with van der Waals surface area (Å²) in [4.78, 5) is 4.60. The van der Waals surface area contributed by atoms with Crippen LogP contribution in [0, 0.1) is 6.92 Å². The standard InChI is InChI=1S/C20H24N2O2/c1-3-19(23)20-21-17-10-4-5-11-18(17)22(20)12-7-13-24-16-9-6-8-15(2)14-16/h4-6,8-11,14,19,23H,3,7,12-13H2,1-2H3. The summed E-state index contributed by atoms with van der Waals surface area (Å²) in [5.41, 5.74) is 3.19. The van der Waals surface area contributed by atoms with Crippen molar-refractivity contribution in [3.05, 3.63) is 59.9 Å². The zero-order valence-corrected chi connectivity index (χ0v) is 14.3. The summed E-state index contributed by atoms with van der Waals surface area (Å²) in [5, 5.41) is 10.3. The van der Waals surface area contributed by atoms with Gasteiger partial charge in [0.05, 0.1) is 17.6 Å². The lowest BCUT2D eigenvalue weighted by atomic mass is 10.2. The maximum atomic E-state index is 10.3. The molecule has 1 N–H and O–H groups in total. The lowest BCUT2D eigenvalue weighted by molar-refractivity contribution is 0.158. The quantitative estimate of drug-likeness (QED) is 0.661. The molecule has 1 unspecified atom stereocenters. The number of fused-ring (bicyclic) bond motifs is 1. The third-order valence-corrected chi connectivity index (χ3v) is 4.15. The van der Waals surface area contributed by atoms with Crippen molar-refractivity contribution in [1.29, 1.82) is 0 Å². The van der Waals surface area contributed by atoms with Gasteiger partial charge in [-0.05, 0) is 49.6 Å². The van der Waals surface area contributed by atoms with Crippen LogP contribution in [0.5, 0.6) is 5.75 Å². The average Bonchev–Trinajstić information content (AvgIpc) is 2.97. The van der Waals surface area contributed by atoms with E-state index in [4.69, 9.17) is 4.74 Å². The van der Waals surface area contributed by atoms with Crippen molar-refractivity contribution in [2.24, 2.45) is 0 Å². The molecule has 2 aromatic carbocycles. The van der Waals surface area contributed by atoms with Crippen LogP contribution in [0.3, 0.4) is 0 Å². The van der Waals surface area contributed by atoms with Gasteiger partial charge in [-0.15, -0.1) is 0 Å². The Kier molecular flexibility index (Phi) is 5.16.